The molecular formula is C20H37N5O4. The Morgan fingerprint density at radius 2 is 1.93 bits per heavy atom. The minimum absolute atomic E-state index is 0.00283. The van der Waals surface area contributed by atoms with Crippen LogP contribution in [0.25, 0.3) is 0 Å². The molecule has 0 bridgehead atoms. The van der Waals surface area contributed by atoms with Crippen LogP contribution in [-0.2, 0) is 14.4 Å². The number of guanidine groups is 1. The van der Waals surface area contributed by atoms with Crippen LogP contribution in [0, 0.1) is 5.92 Å². The van der Waals surface area contributed by atoms with E-state index < -0.39 is 18.1 Å². The lowest BCUT2D eigenvalue weighted by Crippen LogP contribution is -2.62. The molecule has 9 nitrogen and oxygen atoms in total. The zero-order chi connectivity index (χ0) is 22.0. The molecule has 5 N–H and O–H groups in total. The summed E-state index contributed by atoms with van der Waals surface area (Å²) in [7, 11) is 0. The van der Waals surface area contributed by atoms with Crippen molar-refractivity contribution in [1.82, 2.24) is 9.80 Å². The van der Waals surface area contributed by atoms with Gasteiger partial charge in [0.25, 0.3) is 0 Å². The van der Waals surface area contributed by atoms with Crippen molar-refractivity contribution in [3.05, 3.63) is 0 Å². The van der Waals surface area contributed by atoms with Gasteiger partial charge >= 0.3 is 5.97 Å². The number of unbranched alkanes of at least 4 members (excludes halogenated alkanes) is 1. The van der Waals surface area contributed by atoms with Crippen molar-refractivity contribution in [2.45, 2.75) is 71.4 Å². The zero-order valence-corrected chi connectivity index (χ0v) is 18.0. The molecule has 0 aliphatic carbocycles. The number of piperazine rings is 1. The van der Waals surface area contributed by atoms with Crippen LogP contribution in [0.4, 0.5) is 0 Å². The number of hydrogen-bond donors (Lipinski definition) is 3. The summed E-state index contributed by atoms with van der Waals surface area (Å²) in [6.07, 6.45) is 3.33. The van der Waals surface area contributed by atoms with Gasteiger partial charge in [0.15, 0.2) is 11.7 Å². The summed E-state index contributed by atoms with van der Waals surface area (Å²) in [4.78, 5) is 45.1. The number of nitrogens with two attached hydrogens (primary N) is 2. The molecule has 166 valence electrons. The minimum atomic E-state index is -1.01. The predicted octanol–water partition coefficient (Wildman–Crippen LogP) is 0.811. The summed E-state index contributed by atoms with van der Waals surface area (Å²) in [6.45, 7) is 7.93. The van der Waals surface area contributed by atoms with Crippen molar-refractivity contribution in [3.8, 4) is 0 Å². The second-order valence-electron chi connectivity index (χ2n) is 7.71. The number of carboxylic acids is 1. The number of aliphatic imine (C=N–C) groups is 1. The van der Waals surface area contributed by atoms with Crippen LogP contribution in [0.15, 0.2) is 4.99 Å². The monoisotopic (exact) mass is 411 g/mol. The van der Waals surface area contributed by atoms with Gasteiger partial charge in [0.2, 0.25) is 5.91 Å². The van der Waals surface area contributed by atoms with Gasteiger partial charge in [-0.3, -0.25) is 24.3 Å². The van der Waals surface area contributed by atoms with E-state index in [1.165, 1.54) is 0 Å². The number of hydrogen-bond acceptors (Lipinski definition) is 5. The number of carbonyl (C=O) groups is 3. The highest BCUT2D eigenvalue weighted by molar-refractivity contribution is 5.93. The number of ketones is 1. The number of amides is 1. The van der Waals surface area contributed by atoms with Crippen molar-refractivity contribution in [2.24, 2.45) is 22.4 Å². The van der Waals surface area contributed by atoms with E-state index in [9.17, 15) is 19.5 Å². The fraction of sp³-hybridized carbons (Fsp3) is 0.800. The first kappa shape index (κ1) is 24.9. The summed E-state index contributed by atoms with van der Waals surface area (Å²) >= 11 is 0. The van der Waals surface area contributed by atoms with Crippen LogP contribution >= 0.6 is 0 Å². The van der Waals surface area contributed by atoms with E-state index in [4.69, 9.17) is 11.5 Å². The van der Waals surface area contributed by atoms with Crippen LogP contribution in [0.1, 0.15) is 59.3 Å². The maximum absolute atomic E-state index is 13.2. The molecule has 0 aromatic heterocycles. The number of Topliss-reactive ketones (excluding diaryl/α,β-unsaturated/α-hetero) is 1. The smallest absolute Gasteiger partial charge is 0.305 e. The molecule has 3 atom stereocenters. The van der Waals surface area contributed by atoms with Crippen LogP contribution < -0.4 is 11.5 Å². The molecule has 0 saturated carbocycles. The second-order valence-corrected chi connectivity index (χ2v) is 7.71. The number of carboxylic acid groups (broad SMARTS) is 1. The lowest BCUT2D eigenvalue weighted by Gasteiger charge is -2.43. The maximum Gasteiger partial charge on any atom is 0.305 e. The highest BCUT2D eigenvalue weighted by Crippen LogP contribution is 2.23. The topological polar surface area (TPSA) is 142 Å². The first-order chi connectivity index (χ1) is 13.7. The van der Waals surface area contributed by atoms with E-state index in [-0.39, 0.29) is 30.0 Å². The Kier molecular flexibility index (Phi) is 10.6. The first-order valence-corrected chi connectivity index (χ1v) is 10.6. The fourth-order valence-electron chi connectivity index (χ4n) is 3.64. The molecule has 0 spiro atoms. The molecule has 0 radical (unpaired) electrons. The van der Waals surface area contributed by atoms with Crippen LogP contribution in [-0.4, -0.2) is 76.8 Å². The predicted molar refractivity (Wildman–Crippen MR) is 112 cm³/mol. The standard InChI is InChI=1S/C20H37N5O4/c1-4-6-10-24-11-12-25(19(29)16(24)13-17(26)27)15(18(28)14(3)5-2)8-7-9-23-20(21)22/h14-16H,4-13H2,1-3H3,(H,26,27)(H4,21,22,23)/t14?,15-,16-/m0/s1. The lowest BCUT2D eigenvalue weighted by atomic mass is 9.91. The van der Waals surface area contributed by atoms with Crippen LogP contribution in [0.2, 0.25) is 0 Å². The molecule has 9 heteroatoms. The maximum atomic E-state index is 13.2. The SMILES string of the molecule is CCCCN1CCN([C@@H](CCCN=C(N)N)C(=O)C(C)CC)C(=O)[C@@H]1CC(=O)O. The summed E-state index contributed by atoms with van der Waals surface area (Å²) in [5.74, 6) is -1.44. The quantitative estimate of drug-likeness (QED) is 0.231. The summed E-state index contributed by atoms with van der Waals surface area (Å²) in [5, 5.41) is 9.31. The Bertz CT molecular complexity index is 591. The van der Waals surface area contributed by atoms with Crippen LogP contribution in [0.5, 0.6) is 0 Å². The van der Waals surface area contributed by atoms with E-state index in [1.54, 1.807) is 4.90 Å². The van der Waals surface area contributed by atoms with Gasteiger partial charge in [0, 0.05) is 25.6 Å². The normalized spacial score (nSPS) is 19.6. The average molecular weight is 412 g/mol. The Morgan fingerprint density at radius 3 is 2.48 bits per heavy atom. The van der Waals surface area contributed by atoms with Crippen molar-refractivity contribution >= 4 is 23.6 Å². The van der Waals surface area contributed by atoms with Gasteiger partial charge < -0.3 is 21.5 Å². The fourth-order valence-corrected chi connectivity index (χ4v) is 3.64. The van der Waals surface area contributed by atoms with Gasteiger partial charge in [-0.1, -0.05) is 27.2 Å². The molecule has 0 aromatic carbocycles. The first-order valence-electron chi connectivity index (χ1n) is 10.6. The molecule has 29 heavy (non-hydrogen) atoms. The van der Waals surface area contributed by atoms with E-state index in [1.807, 2.05) is 18.7 Å². The molecule has 1 aliphatic heterocycles. The summed E-state index contributed by atoms with van der Waals surface area (Å²) < 4.78 is 0. The summed E-state index contributed by atoms with van der Waals surface area (Å²) in [6, 6.07) is -1.30. The third-order valence-electron chi connectivity index (χ3n) is 5.54. The number of rotatable bonds is 13. The van der Waals surface area contributed by atoms with E-state index in [0.29, 0.717) is 45.4 Å². The van der Waals surface area contributed by atoms with Gasteiger partial charge in [0.05, 0.1) is 18.5 Å². The average Bonchev–Trinajstić information content (AvgIpc) is 2.67. The Labute approximate surface area is 173 Å². The van der Waals surface area contributed by atoms with E-state index in [0.717, 1.165) is 12.8 Å². The van der Waals surface area contributed by atoms with Crippen molar-refractivity contribution in [3.63, 3.8) is 0 Å². The molecule has 1 unspecified atom stereocenters. The third-order valence-corrected chi connectivity index (χ3v) is 5.54. The Morgan fingerprint density at radius 1 is 1.24 bits per heavy atom. The molecule has 1 heterocycles. The molecular weight excluding hydrogens is 374 g/mol. The Hall–Kier alpha value is -2.16. The molecule has 1 fully saturated rings. The third kappa shape index (κ3) is 7.64. The van der Waals surface area contributed by atoms with E-state index >= 15 is 0 Å². The van der Waals surface area contributed by atoms with Gasteiger partial charge in [-0.05, 0) is 32.2 Å². The van der Waals surface area contributed by atoms with Crippen molar-refractivity contribution < 1.29 is 19.5 Å². The van der Waals surface area contributed by atoms with Gasteiger partial charge in [-0.2, -0.15) is 0 Å². The number of aliphatic carboxylic acids is 1. The van der Waals surface area contributed by atoms with Crippen LogP contribution in [0.3, 0.4) is 0 Å². The largest absolute Gasteiger partial charge is 0.481 e. The lowest BCUT2D eigenvalue weighted by molar-refractivity contribution is -0.154. The van der Waals surface area contributed by atoms with E-state index in [2.05, 4.69) is 11.9 Å². The zero-order valence-electron chi connectivity index (χ0n) is 18.0. The van der Waals surface area contributed by atoms with Crippen molar-refractivity contribution in [2.75, 3.05) is 26.2 Å². The minimum Gasteiger partial charge on any atom is -0.481 e. The molecule has 1 aliphatic rings. The Balaban J connectivity index is 3.02. The molecule has 1 saturated heterocycles. The van der Waals surface area contributed by atoms with Gasteiger partial charge in [-0.25, -0.2) is 0 Å². The number of nitrogens with zero attached hydrogens (tertiary/aromatic N) is 3. The second kappa shape index (κ2) is 12.4. The van der Waals surface area contributed by atoms with Crippen molar-refractivity contribution in [1.29, 1.82) is 0 Å². The highest BCUT2D eigenvalue weighted by atomic mass is 16.4. The summed E-state index contributed by atoms with van der Waals surface area (Å²) in [5.41, 5.74) is 10.7. The molecule has 0 aromatic rings. The number of carbonyl (C=O) groups excluding carboxylic acids is 2. The molecule has 1 rings (SSSR count). The highest BCUT2D eigenvalue weighted by Gasteiger charge is 2.41. The van der Waals surface area contributed by atoms with Gasteiger partial charge in [-0.15, -0.1) is 0 Å². The van der Waals surface area contributed by atoms with Gasteiger partial charge in [0.1, 0.15) is 0 Å². The molecule has 1 amide bonds.